The molecule has 0 saturated carbocycles. The third kappa shape index (κ3) is 3.95. The molecule has 0 bridgehead atoms. The van der Waals surface area contributed by atoms with E-state index in [1.807, 2.05) is 13.8 Å². The molecular formula is C7H16N2O2. The van der Waals surface area contributed by atoms with Crippen LogP contribution in [-0.2, 0) is 4.79 Å². The Morgan fingerprint density at radius 2 is 2.18 bits per heavy atom. The Labute approximate surface area is 66.8 Å². The van der Waals surface area contributed by atoms with E-state index in [0.717, 1.165) is 0 Å². The molecule has 0 saturated heterocycles. The number of aliphatic hydroxyl groups excluding tert-OH is 1. The van der Waals surface area contributed by atoms with Crippen LogP contribution in [0.25, 0.3) is 0 Å². The number of carbonyl (C=O) groups is 1. The van der Waals surface area contributed by atoms with Crippen molar-refractivity contribution < 1.29 is 9.90 Å². The zero-order valence-electron chi connectivity index (χ0n) is 7.00. The summed E-state index contributed by atoms with van der Waals surface area (Å²) in [5, 5.41) is 10.9. The van der Waals surface area contributed by atoms with E-state index in [2.05, 4.69) is 5.32 Å². The molecule has 11 heavy (non-hydrogen) atoms. The van der Waals surface area contributed by atoms with Gasteiger partial charge < -0.3 is 16.2 Å². The van der Waals surface area contributed by atoms with E-state index in [-0.39, 0.29) is 25.0 Å². The molecule has 1 atom stereocenters. The van der Waals surface area contributed by atoms with Crippen molar-refractivity contribution >= 4 is 5.91 Å². The van der Waals surface area contributed by atoms with E-state index in [9.17, 15) is 4.79 Å². The molecule has 0 aromatic carbocycles. The van der Waals surface area contributed by atoms with Crippen LogP contribution in [-0.4, -0.2) is 30.2 Å². The molecule has 0 aliphatic rings. The molecule has 0 unspecified atom stereocenters. The monoisotopic (exact) mass is 160 g/mol. The summed E-state index contributed by atoms with van der Waals surface area (Å²) in [4.78, 5) is 11.0. The maximum atomic E-state index is 11.0. The quantitative estimate of drug-likeness (QED) is 0.498. The van der Waals surface area contributed by atoms with Crippen molar-refractivity contribution in [3.63, 3.8) is 0 Å². The number of hydrogen-bond donors (Lipinski definition) is 3. The van der Waals surface area contributed by atoms with Crippen molar-refractivity contribution in [2.24, 2.45) is 11.7 Å². The zero-order valence-corrected chi connectivity index (χ0v) is 7.00. The highest BCUT2D eigenvalue weighted by molar-refractivity contribution is 5.81. The number of amides is 1. The predicted molar refractivity (Wildman–Crippen MR) is 42.9 cm³/mol. The van der Waals surface area contributed by atoms with Gasteiger partial charge in [0.2, 0.25) is 5.91 Å². The minimum atomic E-state index is -0.471. The summed E-state index contributed by atoms with van der Waals surface area (Å²) in [5.41, 5.74) is 5.51. The lowest BCUT2D eigenvalue weighted by molar-refractivity contribution is -0.123. The highest BCUT2D eigenvalue weighted by Gasteiger charge is 2.15. The second kappa shape index (κ2) is 5.09. The van der Waals surface area contributed by atoms with Crippen LogP contribution in [0.5, 0.6) is 0 Å². The summed E-state index contributed by atoms with van der Waals surface area (Å²) < 4.78 is 0. The van der Waals surface area contributed by atoms with E-state index in [0.29, 0.717) is 0 Å². The largest absolute Gasteiger partial charge is 0.395 e. The smallest absolute Gasteiger partial charge is 0.237 e. The SMILES string of the molecule is CC(C)[C@@H](N)C(=O)NCCO. The van der Waals surface area contributed by atoms with Crippen LogP contribution in [0.4, 0.5) is 0 Å². The number of carbonyl (C=O) groups excluding carboxylic acids is 1. The molecule has 0 aliphatic heterocycles. The number of nitrogens with one attached hydrogen (secondary N) is 1. The Kier molecular flexibility index (Phi) is 4.81. The molecule has 4 N–H and O–H groups in total. The predicted octanol–water partition coefficient (Wildman–Crippen LogP) is -0.922. The van der Waals surface area contributed by atoms with Crippen molar-refractivity contribution in [3.05, 3.63) is 0 Å². The third-order valence-electron chi connectivity index (χ3n) is 1.43. The maximum absolute atomic E-state index is 11.0. The lowest BCUT2D eigenvalue weighted by Crippen LogP contribution is -2.44. The molecule has 1 amide bonds. The van der Waals surface area contributed by atoms with E-state index in [1.54, 1.807) is 0 Å². The molecule has 0 radical (unpaired) electrons. The standard InChI is InChI=1S/C7H16N2O2/c1-5(2)6(8)7(11)9-3-4-10/h5-6,10H,3-4,8H2,1-2H3,(H,9,11)/t6-/m1/s1. The maximum Gasteiger partial charge on any atom is 0.237 e. The van der Waals surface area contributed by atoms with Crippen molar-refractivity contribution in [1.29, 1.82) is 0 Å². The van der Waals surface area contributed by atoms with Gasteiger partial charge in [0.05, 0.1) is 12.6 Å². The molecule has 0 spiro atoms. The van der Waals surface area contributed by atoms with E-state index < -0.39 is 6.04 Å². The van der Waals surface area contributed by atoms with E-state index in [1.165, 1.54) is 0 Å². The third-order valence-corrected chi connectivity index (χ3v) is 1.43. The number of aliphatic hydroxyl groups is 1. The summed E-state index contributed by atoms with van der Waals surface area (Å²) in [5.74, 6) is -0.0669. The van der Waals surface area contributed by atoms with Crippen molar-refractivity contribution in [2.75, 3.05) is 13.2 Å². The first-order valence-corrected chi connectivity index (χ1v) is 3.73. The molecule has 66 valence electrons. The van der Waals surface area contributed by atoms with Crippen LogP contribution in [0.1, 0.15) is 13.8 Å². The second-order valence-electron chi connectivity index (χ2n) is 2.78. The van der Waals surface area contributed by atoms with Crippen LogP contribution in [0.15, 0.2) is 0 Å². The number of rotatable bonds is 4. The topological polar surface area (TPSA) is 75.4 Å². The molecule has 0 aromatic heterocycles. The van der Waals surface area contributed by atoms with Crippen LogP contribution in [0, 0.1) is 5.92 Å². The van der Waals surface area contributed by atoms with Gasteiger partial charge in [-0.25, -0.2) is 0 Å². The fourth-order valence-electron chi connectivity index (χ4n) is 0.600. The second-order valence-corrected chi connectivity index (χ2v) is 2.78. The Morgan fingerprint density at radius 1 is 1.64 bits per heavy atom. The molecule has 0 aliphatic carbocycles. The first-order chi connectivity index (χ1) is 5.09. The van der Waals surface area contributed by atoms with E-state index >= 15 is 0 Å². The van der Waals surface area contributed by atoms with Crippen LogP contribution in [0.3, 0.4) is 0 Å². The first-order valence-electron chi connectivity index (χ1n) is 3.73. The van der Waals surface area contributed by atoms with Gasteiger partial charge in [0, 0.05) is 6.54 Å². The van der Waals surface area contributed by atoms with Crippen molar-refractivity contribution in [2.45, 2.75) is 19.9 Å². The zero-order chi connectivity index (χ0) is 8.85. The highest BCUT2D eigenvalue weighted by atomic mass is 16.3. The van der Waals surface area contributed by atoms with Gasteiger partial charge in [-0.05, 0) is 5.92 Å². The van der Waals surface area contributed by atoms with Gasteiger partial charge in [-0.15, -0.1) is 0 Å². The van der Waals surface area contributed by atoms with Crippen LogP contribution >= 0.6 is 0 Å². The minimum Gasteiger partial charge on any atom is -0.395 e. The molecule has 0 fully saturated rings. The van der Waals surface area contributed by atoms with Gasteiger partial charge in [-0.3, -0.25) is 4.79 Å². The molecule has 0 aromatic rings. The lowest BCUT2D eigenvalue weighted by atomic mass is 10.1. The Morgan fingerprint density at radius 3 is 2.55 bits per heavy atom. The van der Waals surface area contributed by atoms with Gasteiger partial charge >= 0.3 is 0 Å². The highest BCUT2D eigenvalue weighted by Crippen LogP contribution is 1.96. The summed E-state index contributed by atoms with van der Waals surface area (Å²) in [6, 6.07) is -0.471. The summed E-state index contributed by atoms with van der Waals surface area (Å²) in [7, 11) is 0. The summed E-state index contributed by atoms with van der Waals surface area (Å²) >= 11 is 0. The molecule has 4 nitrogen and oxygen atoms in total. The summed E-state index contributed by atoms with van der Waals surface area (Å²) in [6.45, 7) is 3.99. The van der Waals surface area contributed by atoms with Gasteiger partial charge in [0.15, 0.2) is 0 Å². The Balaban J connectivity index is 3.64. The Hall–Kier alpha value is -0.610. The molecule has 0 heterocycles. The minimum absolute atomic E-state index is 0.0451. The van der Waals surface area contributed by atoms with Crippen molar-refractivity contribution in [3.8, 4) is 0 Å². The van der Waals surface area contributed by atoms with Gasteiger partial charge in [0.25, 0.3) is 0 Å². The van der Waals surface area contributed by atoms with Crippen LogP contribution in [0.2, 0.25) is 0 Å². The average molecular weight is 160 g/mol. The van der Waals surface area contributed by atoms with E-state index in [4.69, 9.17) is 10.8 Å². The lowest BCUT2D eigenvalue weighted by Gasteiger charge is -2.14. The molecular weight excluding hydrogens is 144 g/mol. The molecule has 4 heteroatoms. The van der Waals surface area contributed by atoms with Gasteiger partial charge in [0.1, 0.15) is 0 Å². The number of hydrogen-bond acceptors (Lipinski definition) is 3. The summed E-state index contributed by atoms with van der Waals surface area (Å²) in [6.07, 6.45) is 0. The molecule has 0 rings (SSSR count). The number of nitrogens with two attached hydrogens (primary N) is 1. The normalized spacial score (nSPS) is 13.2. The first kappa shape index (κ1) is 10.4. The van der Waals surface area contributed by atoms with Crippen molar-refractivity contribution in [1.82, 2.24) is 5.32 Å². The van der Waals surface area contributed by atoms with Crippen LogP contribution < -0.4 is 11.1 Å². The average Bonchev–Trinajstić information content (AvgIpc) is 1.98. The Bertz CT molecular complexity index is 126. The van der Waals surface area contributed by atoms with Gasteiger partial charge in [-0.1, -0.05) is 13.8 Å². The fourth-order valence-corrected chi connectivity index (χ4v) is 0.600. The van der Waals surface area contributed by atoms with Gasteiger partial charge in [-0.2, -0.15) is 0 Å². The fraction of sp³-hybridized carbons (Fsp3) is 0.857.